The van der Waals surface area contributed by atoms with E-state index in [2.05, 4.69) is 5.32 Å². The number of carboxylic acids is 1. The van der Waals surface area contributed by atoms with Gasteiger partial charge in [-0.2, -0.15) is 0 Å². The van der Waals surface area contributed by atoms with Crippen molar-refractivity contribution in [3.63, 3.8) is 0 Å². The number of aromatic carboxylic acids is 1. The number of nitrogens with one attached hydrogen (secondary N) is 1. The number of benzene rings is 2. The number of halogens is 3. The second kappa shape index (κ2) is 9.14. The molecular formula is C20H14Cl3NO5S. The van der Waals surface area contributed by atoms with Crippen molar-refractivity contribution in [1.82, 2.24) is 0 Å². The molecule has 0 atom stereocenters. The highest BCUT2D eigenvalue weighted by atomic mass is 35.5. The number of carbonyl (C=O) groups is 2. The third-order valence-corrected chi connectivity index (χ3v) is 6.32. The van der Waals surface area contributed by atoms with Crippen molar-refractivity contribution in [1.29, 1.82) is 0 Å². The minimum atomic E-state index is -1.19. The van der Waals surface area contributed by atoms with Crippen LogP contribution in [0.2, 0.25) is 15.1 Å². The van der Waals surface area contributed by atoms with Gasteiger partial charge in [-0.25, -0.2) is 4.79 Å². The Hall–Kier alpha value is -2.45. The first kappa shape index (κ1) is 22.2. The van der Waals surface area contributed by atoms with Crippen molar-refractivity contribution in [2.24, 2.45) is 0 Å². The summed E-state index contributed by atoms with van der Waals surface area (Å²) in [5, 5.41) is 14.0. The molecule has 6 nitrogen and oxygen atoms in total. The van der Waals surface area contributed by atoms with Gasteiger partial charge in [0, 0.05) is 5.38 Å². The number of carboxylic acid groups (broad SMARTS) is 1. The predicted molar refractivity (Wildman–Crippen MR) is 119 cm³/mol. The molecule has 1 amide bonds. The van der Waals surface area contributed by atoms with Crippen LogP contribution < -0.4 is 14.8 Å². The van der Waals surface area contributed by atoms with Gasteiger partial charge < -0.3 is 19.9 Å². The Morgan fingerprint density at radius 1 is 1.07 bits per heavy atom. The van der Waals surface area contributed by atoms with Crippen LogP contribution >= 0.6 is 46.1 Å². The summed E-state index contributed by atoms with van der Waals surface area (Å²) < 4.78 is 10.3. The van der Waals surface area contributed by atoms with Crippen molar-refractivity contribution < 1.29 is 24.2 Å². The number of rotatable bonds is 6. The van der Waals surface area contributed by atoms with Crippen LogP contribution in [0.25, 0.3) is 10.4 Å². The highest BCUT2D eigenvalue weighted by Gasteiger charge is 2.24. The van der Waals surface area contributed by atoms with Crippen LogP contribution in [0.5, 0.6) is 11.5 Å². The van der Waals surface area contributed by atoms with Gasteiger partial charge in [0.05, 0.1) is 40.4 Å². The number of carbonyl (C=O) groups excluding carboxylic acids is 1. The van der Waals surface area contributed by atoms with Crippen LogP contribution in [-0.2, 0) is 0 Å². The fourth-order valence-corrected chi connectivity index (χ4v) is 4.53. The molecule has 156 valence electrons. The van der Waals surface area contributed by atoms with Crippen molar-refractivity contribution in [3.05, 3.63) is 61.9 Å². The maximum Gasteiger partial charge on any atom is 0.339 e. The molecule has 0 saturated heterocycles. The number of methoxy groups -OCH3 is 2. The molecule has 10 heteroatoms. The first-order valence-corrected chi connectivity index (χ1v) is 10.3. The van der Waals surface area contributed by atoms with Crippen LogP contribution in [0, 0.1) is 0 Å². The summed E-state index contributed by atoms with van der Waals surface area (Å²) in [7, 11) is 2.86. The van der Waals surface area contributed by atoms with Crippen molar-refractivity contribution in [3.8, 4) is 21.9 Å². The van der Waals surface area contributed by atoms with E-state index in [1.165, 1.54) is 31.6 Å². The molecule has 0 unspecified atom stereocenters. The zero-order chi connectivity index (χ0) is 22.0. The van der Waals surface area contributed by atoms with E-state index in [1.807, 2.05) is 0 Å². The van der Waals surface area contributed by atoms with Gasteiger partial charge >= 0.3 is 5.97 Å². The second-order valence-electron chi connectivity index (χ2n) is 5.91. The van der Waals surface area contributed by atoms with Crippen LogP contribution in [0.1, 0.15) is 20.7 Å². The number of amides is 1. The monoisotopic (exact) mass is 485 g/mol. The summed E-state index contributed by atoms with van der Waals surface area (Å²) in [5.74, 6) is -1.22. The first-order valence-electron chi connectivity index (χ1n) is 8.30. The fraction of sp³-hybridized carbons (Fsp3) is 0.100. The first-order chi connectivity index (χ1) is 14.3. The van der Waals surface area contributed by atoms with Gasteiger partial charge in [0.15, 0.2) is 5.75 Å². The van der Waals surface area contributed by atoms with Gasteiger partial charge in [0.25, 0.3) is 5.91 Å². The van der Waals surface area contributed by atoms with Crippen LogP contribution in [0.15, 0.2) is 35.7 Å². The lowest BCUT2D eigenvalue weighted by atomic mass is 10.1. The largest absolute Gasteiger partial charge is 0.497 e. The lowest BCUT2D eigenvalue weighted by Gasteiger charge is -2.12. The molecule has 3 rings (SSSR count). The molecule has 0 aliphatic rings. The molecule has 3 aromatic rings. The predicted octanol–water partition coefficient (Wildman–Crippen LogP) is 6.34. The highest BCUT2D eigenvalue weighted by molar-refractivity contribution is 7.14. The SMILES string of the molecule is COc1cccc(-c2scc(NC(=O)c3cc(Cl)c(Cl)c(OC)c3Cl)c2C(=O)O)c1. The summed E-state index contributed by atoms with van der Waals surface area (Å²) in [5.41, 5.74) is 0.709. The number of thiophene rings is 1. The van der Waals surface area contributed by atoms with Gasteiger partial charge in [0.1, 0.15) is 16.3 Å². The second-order valence-corrected chi connectivity index (χ2v) is 7.95. The van der Waals surface area contributed by atoms with Gasteiger partial charge in [-0.1, -0.05) is 46.9 Å². The van der Waals surface area contributed by atoms with E-state index in [1.54, 1.807) is 29.6 Å². The molecule has 30 heavy (non-hydrogen) atoms. The minimum absolute atomic E-state index is 0.00612. The number of ether oxygens (including phenoxy) is 2. The van der Waals surface area contributed by atoms with Gasteiger partial charge in [-0.05, 0) is 23.8 Å². The van der Waals surface area contributed by atoms with Crippen LogP contribution in [0.4, 0.5) is 5.69 Å². The molecule has 0 radical (unpaired) electrons. The van der Waals surface area contributed by atoms with E-state index < -0.39 is 11.9 Å². The highest BCUT2D eigenvalue weighted by Crippen LogP contribution is 2.42. The van der Waals surface area contributed by atoms with E-state index in [4.69, 9.17) is 44.3 Å². The molecule has 0 aliphatic heterocycles. The number of hydrogen-bond donors (Lipinski definition) is 2. The molecule has 2 N–H and O–H groups in total. The quantitative estimate of drug-likeness (QED) is 0.397. The van der Waals surface area contributed by atoms with Crippen LogP contribution in [-0.4, -0.2) is 31.2 Å². The van der Waals surface area contributed by atoms with Crippen LogP contribution in [0.3, 0.4) is 0 Å². The van der Waals surface area contributed by atoms with E-state index in [-0.39, 0.29) is 37.6 Å². The Kier molecular flexibility index (Phi) is 6.77. The molecule has 0 bridgehead atoms. The molecule has 0 saturated carbocycles. The lowest BCUT2D eigenvalue weighted by molar-refractivity contribution is 0.0699. The molecule has 0 fully saturated rings. The standard InChI is InChI=1S/C20H14Cl3NO5S/c1-28-10-5-3-4-9(6-10)18-14(20(26)27)13(8-30-18)24-19(25)11-7-12(21)16(23)17(29-2)15(11)22/h3-8H,1-2H3,(H,24,25)(H,26,27). The maximum atomic E-state index is 12.8. The third kappa shape index (κ3) is 4.20. The Morgan fingerprint density at radius 2 is 1.80 bits per heavy atom. The minimum Gasteiger partial charge on any atom is -0.497 e. The van der Waals surface area contributed by atoms with Crippen molar-refractivity contribution in [2.75, 3.05) is 19.5 Å². The lowest BCUT2D eigenvalue weighted by Crippen LogP contribution is -2.15. The smallest absolute Gasteiger partial charge is 0.339 e. The van der Waals surface area contributed by atoms with E-state index in [0.717, 1.165) is 0 Å². The zero-order valence-electron chi connectivity index (χ0n) is 15.6. The summed E-state index contributed by atoms with van der Waals surface area (Å²) in [4.78, 5) is 25.2. The Balaban J connectivity index is 2.02. The summed E-state index contributed by atoms with van der Waals surface area (Å²) in [6, 6.07) is 8.26. The van der Waals surface area contributed by atoms with Gasteiger partial charge in [-0.3, -0.25) is 4.79 Å². The normalized spacial score (nSPS) is 10.6. The van der Waals surface area contributed by atoms with Crippen molar-refractivity contribution >= 4 is 63.7 Å². The summed E-state index contributed by atoms with van der Waals surface area (Å²) in [6.45, 7) is 0. The molecular weight excluding hydrogens is 473 g/mol. The summed E-state index contributed by atoms with van der Waals surface area (Å²) >= 11 is 19.5. The third-order valence-electron chi connectivity index (χ3n) is 4.15. The summed E-state index contributed by atoms with van der Waals surface area (Å²) in [6.07, 6.45) is 0. The van der Waals surface area contributed by atoms with Gasteiger partial charge in [0.2, 0.25) is 0 Å². The molecule has 0 spiro atoms. The fourth-order valence-electron chi connectivity index (χ4n) is 2.75. The van der Waals surface area contributed by atoms with Crippen molar-refractivity contribution in [2.45, 2.75) is 0 Å². The molecule has 2 aromatic carbocycles. The molecule has 1 aromatic heterocycles. The topological polar surface area (TPSA) is 84.9 Å². The zero-order valence-corrected chi connectivity index (χ0v) is 18.7. The Morgan fingerprint density at radius 3 is 2.43 bits per heavy atom. The number of anilines is 1. The average Bonchev–Trinajstić information content (AvgIpc) is 3.15. The number of hydrogen-bond acceptors (Lipinski definition) is 5. The van der Waals surface area contributed by atoms with E-state index >= 15 is 0 Å². The maximum absolute atomic E-state index is 12.8. The Labute approximate surface area is 190 Å². The molecule has 0 aliphatic carbocycles. The Bertz CT molecular complexity index is 1150. The van der Waals surface area contributed by atoms with E-state index in [0.29, 0.717) is 16.2 Å². The van der Waals surface area contributed by atoms with E-state index in [9.17, 15) is 14.7 Å². The molecule has 1 heterocycles. The van der Waals surface area contributed by atoms with Gasteiger partial charge in [-0.15, -0.1) is 11.3 Å². The average molecular weight is 487 g/mol.